The minimum atomic E-state index is -0.385. The molecule has 0 aliphatic rings. The lowest BCUT2D eigenvalue weighted by atomic mass is 10.0. The number of nitrogens with two attached hydrogens (primary N) is 1. The summed E-state index contributed by atoms with van der Waals surface area (Å²) < 4.78 is 0. The second-order valence-electron chi connectivity index (χ2n) is 3.55. The van der Waals surface area contributed by atoms with Crippen molar-refractivity contribution in [2.75, 3.05) is 0 Å². The first-order valence-corrected chi connectivity index (χ1v) is 5.04. The number of carbonyl (C=O) groups excluding carboxylic acids is 1. The fourth-order valence-electron chi connectivity index (χ4n) is 1.64. The molecule has 0 aliphatic heterocycles. The van der Waals surface area contributed by atoms with Crippen LogP contribution in [0.25, 0.3) is 0 Å². The van der Waals surface area contributed by atoms with E-state index in [2.05, 4.69) is 4.98 Å². The van der Waals surface area contributed by atoms with Gasteiger partial charge in [-0.25, -0.2) is 0 Å². The highest BCUT2D eigenvalue weighted by Crippen LogP contribution is 2.13. The zero-order chi connectivity index (χ0) is 11.4. The molecule has 3 heteroatoms. The average molecular weight is 212 g/mol. The Morgan fingerprint density at radius 3 is 2.50 bits per heavy atom. The van der Waals surface area contributed by atoms with Gasteiger partial charge in [0.2, 0.25) is 5.91 Å². The molecule has 1 amide bonds. The largest absolute Gasteiger partial charge is 0.366 e. The van der Waals surface area contributed by atoms with E-state index < -0.39 is 0 Å². The number of amides is 1. The van der Waals surface area contributed by atoms with E-state index in [-0.39, 0.29) is 5.91 Å². The molecule has 2 rings (SSSR count). The quantitative estimate of drug-likeness (QED) is 0.843. The predicted molar refractivity (Wildman–Crippen MR) is 62.0 cm³/mol. The van der Waals surface area contributed by atoms with E-state index in [9.17, 15) is 4.79 Å². The standard InChI is InChI=1S/C13H12N2O/c14-13(16)12-4-2-1-3-11(12)9-10-5-7-15-8-6-10/h1-8H,9H2,(H2,14,16). The Morgan fingerprint density at radius 2 is 1.81 bits per heavy atom. The van der Waals surface area contributed by atoms with Crippen molar-refractivity contribution < 1.29 is 4.79 Å². The van der Waals surface area contributed by atoms with Crippen LogP contribution in [0.2, 0.25) is 0 Å². The maximum absolute atomic E-state index is 11.2. The molecule has 0 aliphatic carbocycles. The first kappa shape index (κ1) is 10.4. The first-order chi connectivity index (χ1) is 7.77. The van der Waals surface area contributed by atoms with Gasteiger partial charge in [0.1, 0.15) is 0 Å². The van der Waals surface area contributed by atoms with Gasteiger partial charge in [-0.3, -0.25) is 9.78 Å². The number of pyridine rings is 1. The lowest BCUT2D eigenvalue weighted by Gasteiger charge is -2.05. The van der Waals surface area contributed by atoms with Gasteiger partial charge in [-0.05, 0) is 35.7 Å². The fraction of sp³-hybridized carbons (Fsp3) is 0.0769. The van der Waals surface area contributed by atoms with Crippen molar-refractivity contribution in [2.45, 2.75) is 6.42 Å². The predicted octanol–water partition coefficient (Wildman–Crippen LogP) is 1.77. The Hall–Kier alpha value is -2.16. The Kier molecular flexibility index (Phi) is 2.96. The summed E-state index contributed by atoms with van der Waals surface area (Å²) in [6, 6.07) is 11.2. The lowest BCUT2D eigenvalue weighted by Crippen LogP contribution is -2.13. The monoisotopic (exact) mass is 212 g/mol. The normalized spacial score (nSPS) is 10.0. The third-order valence-corrected chi connectivity index (χ3v) is 2.43. The highest BCUT2D eigenvalue weighted by atomic mass is 16.1. The summed E-state index contributed by atoms with van der Waals surface area (Å²) in [6.07, 6.45) is 4.17. The fourth-order valence-corrected chi connectivity index (χ4v) is 1.64. The van der Waals surface area contributed by atoms with Gasteiger partial charge in [0.25, 0.3) is 0 Å². The van der Waals surface area contributed by atoms with Crippen LogP contribution in [-0.2, 0) is 6.42 Å². The van der Waals surface area contributed by atoms with Crippen LogP contribution in [0.5, 0.6) is 0 Å². The van der Waals surface area contributed by atoms with Crippen molar-refractivity contribution in [1.82, 2.24) is 4.98 Å². The van der Waals surface area contributed by atoms with E-state index in [1.165, 1.54) is 0 Å². The van der Waals surface area contributed by atoms with Gasteiger partial charge in [-0.2, -0.15) is 0 Å². The molecule has 0 fully saturated rings. The topological polar surface area (TPSA) is 56.0 Å². The Balaban J connectivity index is 2.31. The van der Waals surface area contributed by atoms with Gasteiger partial charge in [0.05, 0.1) is 0 Å². The Bertz CT molecular complexity index is 494. The Morgan fingerprint density at radius 1 is 1.12 bits per heavy atom. The lowest BCUT2D eigenvalue weighted by molar-refractivity contribution is 0.0999. The van der Waals surface area contributed by atoms with Crippen LogP contribution in [-0.4, -0.2) is 10.9 Å². The minimum Gasteiger partial charge on any atom is -0.366 e. The van der Waals surface area contributed by atoms with Gasteiger partial charge in [0.15, 0.2) is 0 Å². The third-order valence-electron chi connectivity index (χ3n) is 2.43. The molecule has 0 atom stereocenters. The van der Waals surface area contributed by atoms with E-state index in [0.717, 1.165) is 11.1 Å². The molecule has 16 heavy (non-hydrogen) atoms. The first-order valence-electron chi connectivity index (χ1n) is 5.04. The highest BCUT2D eigenvalue weighted by molar-refractivity contribution is 5.94. The van der Waals surface area contributed by atoms with E-state index in [1.807, 2.05) is 30.3 Å². The van der Waals surface area contributed by atoms with Crippen LogP contribution in [0.4, 0.5) is 0 Å². The summed E-state index contributed by atoms with van der Waals surface area (Å²) >= 11 is 0. The van der Waals surface area contributed by atoms with Crippen LogP contribution >= 0.6 is 0 Å². The molecule has 2 aromatic rings. The number of carbonyl (C=O) groups is 1. The molecular weight excluding hydrogens is 200 g/mol. The van der Waals surface area contributed by atoms with Gasteiger partial charge >= 0.3 is 0 Å². The van der Waals surface area contributed by atoms with E-state index >= 15 is 0 Å². The molecule has 80 valence electrons. The molecule has 1 heterocycles. The number of hydrogen-bond donors (Lipinski definition) is 1. The molecule has 0 bridgehead atoms. The van der Waals surface area contributed by atoms with Gasteiger partial charge in [0, 0.05) is 18.0 Å². The molecule has 0 unspecified atom stereocenters. The van der Waals surface area contributed by atoms with Crippen molar-refractivity contribution in [1.29, 1.82) is 0 Å². The SMILES string of the molecule is NC(=O)c1ccccc1Cc1ccncc1. The maximum Gasteiger partial charge on any atom is 0.248 e. The van der Waals surface area contributed by atoms with Crippen molar-refractivity contribution in [2.24, 2.45) is 5.73 Å². The van der Waals surface area contributed by atoms with E-state index in [1.54, 1.807) is 18.5 Å². The molecule has 0 saturated heterocycles. The van der Waals surface area contributed by atoms with Crippen LogP contribution in [0.15, 0.2) is 48.8 Å². The zero-order valence-corrected chi connectivity index (χ0v) is 8.76. The van der Waals surface area contributed by atoms with Crippen LogP contribution in [0.3, 0.4) is 0 Å². The summed E-state index contributed by atoms with van der Waals surface area (Å²) in [5, 5.41) is 0. The van der Waals surface area contributed by atoms with Crippen LogP contribution in [0, 0.1) is 0 Å². The number of aromatic nitrogens is 1. The van der Waals surface area contributed by atoms with Crippen molar-refractivity contribution >= 4 is 5.91 Å². The summed E-state index contributed by atoms with van der Waals surface area (Å²) in [4.78, 5) is 15.2. The van der Waals surface area contributed by atoms with Crippen molar-refractivity contribution in [3.8, 4) is 0 Å². The van der Waals surface area contributed by atoms with Crippen molar-refractivity contribution in [3.05, 3.63) is 65.5 Å². The summed E-state index contributed by atoms with van der Waals surface area (Å²) in [5.41, 5.74) is 7.96. The smallest absolute Gasteiger partial charge is 0.248 e. The zero-order valence-electron chi connectivity index (χ0n) is 8.76. The molecule has 0 saturated carbocycles. The number of rotatable bonds is 3. The second-order valence-corrected chi connectivity index (χ2v) is 3.55. The molecule has 3 nitrogen and oxygen atoms in total. The average Bonchev–Trinajstić information content (AvgIpc) is 2.31. The number of benzene rings is 1. The third kappa shape index (κ3) is 2.25. The van der Waals surface area contributed by atoms with Gasteiger partial charge in [-0.15, -0.1) is 0 Å². The summed E-state index contributed by atoms with van der Waals surface area (Å²) in [6.45, 7) is 0. The molecule has 0 radical (unpaired) electrons. The molecule has 1 aromatic heterocycles. The maximum atomic E-state index is 11.2. The molecule has 0 spiro atoms. The minimum absolute atomic E-state index is 0.385. The number of nitrogens with zero attached hydrogens (tertiary/aromatic N) is 1. The Labute approximate surface area is 93.9 Å². The van der Waals surface area contributed by atoms with Crippen molar-refractivity contribution in [3.63, 3.8) is 0 Å². The highest BCUT2D eigenvalue weighted by Gasteiger charge is 2.07. The summed E-state index contributed by atoms with van der Waals surface area (Å²) in [5.74, 6) is -0.385. The number of primary amides is 1. The van der Waals surface area contributed by atoms with E-state index in [0.29, 0.717) is 12.0 Å². The molecular formula is C13H12N2O. The van der Waals surface area contributed by atoms with Crippen LogP contribution in [0.1, 0.15) is 21.5 Å². The van der Waals surface area contributed by atoms with Crippen LogP contribution < -0.4 is 5.73 Å². The van der Waals surface area contributed by atoms with Gasteiger partial charge in [-0.1, -0.05) is 18.2 Å². The molecule has 1 aromatic carbocycles. The van der Waals surface area contributed by atoms with E-state index in [4.69, 9.17) is 5.73 Å². The second kappa shape index (κ2) is 4.57. The molecule has 2 N–H and O–H groups in total. The summed E-state index contributed by atoms with van der Waals surface area (Å²) in [7, 11) is 0. The number of hydrogen-bond acceptors (Lipinski definition) is 2. The van der Waals surface area contributed by atoms with Gasteiger partial charge < -0.3 is 5.73 Å².